The van der Waals surface area contributed by atoms with Crippen LogP contribution in [0.3, 0.4) is 0 Å². The summed E-state index contributed by atoms with van der Waals surface area (Å²) in [5.74, 6) is -0.219. The minimum absolute atomic E-state index is 0.0393. The first-order valence-electron chi connectivity index (χ1n) is 13.9. The summed E-state index contributed by atoms with van der Waals surface area (Å²) in [5.41, 5.74) is 5.46. The van der Waals surface area contributed by atoms with E-state index in [2.05, 4.69) is 103 Å². The summed E-state index contributed by atoms with van der Waals surface area (Å²) < 4.78 is 8.49. The van der Waals surface area contributed by atoms with Crippen molar-refractivity contribution in [2.45, 2.75) is 31.5 Å². The van der Waals surface area contributed by atoms with Crippen LogP contribution in [0, 0.1) is 0 Å². The number of esters is 1. The van der Waals surface area contributed by atoms with Gasteiger partial charge in [0, 0.05) is 0 Å². The zero-order valence-corrected chi connectivity index (χ0v) is 26.9. The van der Waals surface area contributed by atoms with Gasteiger partial charge in [0.15, 0.2) is 0 Å². The molecule has 0 aliphatic heterocycles. The van der Waals surface area contributed by atoms with E-state index in [4.69, 9.17) is 4.74 Å². The number of benzene rings is 4. The molecule has 0 aliphatic rings. The first kappa shape index (κ1) is 30.6. The molecule has 0 atom stereocenters. The number of allylic oxidation sites excluding steroid dienone is 3. The molecule has 0 saturated carbocycles. The second-order valence-electron chi connectivity index (χ2n) is 9.47. The molecule has 41 heavy (non-hydrogen) atoms. The van der Waals surface area contributed by atoms with Gasteiger partial charge in [0.05, 0.1) is 0 Å². The molecule has 0 aliphatic carbocycles. The van der Waals surface area contributed by atoms with Crippen molar-refractivity contribution < 1.29 is 9.53 Å². The van der Waals surface area contributed by atoms with Gasteiger partial charge >= 0.3 is 259 Å². The monoisotopic (exact) mass is 672 g/mol. The van der Waals surface area contributed by atoms with Crippen molar-refractivity contribution in [2.75, 3.05) is 6.61 Å². The first-order chi connectivity index (χ1) is 20.2. The van der Waals surface area contributed by atoms with E-state index in [0.717, 1.165) is 22.9 Å². The molecule has 4 aromatic carbocycles. The molecule has 0 radical (unpaired) electrons. The molecule has 0 heterocycles. The summed E-state index contributed by atoms with van der Waals surface area (Å²) in [5, 5.41) is 1.12. The average Bonchev–Trinajstić information content (AvgIpc) is 3.04. The van der Waals surface area contributed by atoms with E-state index in [1.165, 1.54) is 25.6 Å². The van der Waals surface area contributed by atoms with Crippen LogP contribution < -0.4 is 8.92 Å². The summed E-state index contributed by atoms with van der Waals surface area (Å²) in [7, 11) is 0. The first-order valence-corrected chi connectivity index (χ1v) is 17.8. The van der Waals surface area contributed by atoms with Crippen LogP contribution in [0.15, 0.2) is 144 Å². The minimum atomic E-state index is -0.219. The molecule has 208 valence electrons. The van der Waals surface area contributed by atoms with Gasteiger partial charge in [0.2, 0.25) is 0 Å². The van der Waals surface area contributed by atoms with Gasteiger partial charge in [0.1, 0.15) is 0 Å². The van der Waals surface area contributed by atoms with Gasteiger partial charge in [-0.25, -0.2) is 0 Å². The predicted octanol–water partition coefficient (Wildman–Crippen LogP) is 7.25. The number of carbonyl (C=O) groups excluding carboxylic acids is 1. The Morgan fingerprint density at radius 2 is 1.24 bits per heavy atom. The average molecular weight is 671 g/mol. The fourth-order valence-electron chi connectivity index (χ4n) is 4.21. The number of carbonyl (C=O) groups is 1. The molecular formula is C37H36O2Se2. The third-order valence-corrected chi connectivity index (χ3v) is 10.6. The molecular weight excluding hydrogens is 634 g/mol. The van der Waals surface area contributed by atoms with Gasteiger partial charge in [0.25, 0.3) is 0 Å². The number of hydrogen-bond acceptors (Lipinski definition) is 2. The summed E-state index contributed by atoms with van der Waals surface area (Å²) in [6.07, 6.45) is 6.70. The number of rotatable bonds is 14. The van der Waals surface area contributed by atoms with E-state index in [9.17, 15) is 4.79 Å². The van der Waals surface area contributed by atoms with Crippen molar-refractivity contribution in [3.05, 3.63) is 155 Å². The molecule has 4 aromatic rings. The topological polar surface area (TPSA) is 26.3 Å². The van der Waals surface area contributed by atoms with Crippen LogP contribution in [0.25, 0.3) is 11.1 Å². The van der Waals surface area contributed by atoms with Crippen LogP contribution in [0.4, 0.5) is 0 Å². The molecule has 0 aromatic heterocycles. The summed E-state index contributed by atoms with van der Waals surface area (Å²) in [6, 6.07) is 41.8. The van der Waals surface area contributed by atoms with Crippen molar-refractivity contribution in [1.82, 2.24) is 0 Å². The fraction of sp³-hybridized carbons (Fsp3) is 0.162. The molecule has 0 bridgehead atoms. The predicted molar refractivity (Wildman–Crippen MR) is 176 cm³/mol. The zero-order valence-electron chi connectivity index (χ0n) is 23.4. The van der Waals surface area contributed by atoms with E-state index in [-0.39, 0.29) is 20.9 Å². The maximum absolute atomic E-state index is 13.4. The van der Waals surface area contributed by atoms with E-state index in [0.29, 0.717) is 34.4 Å². The van der Waals surface area contributed by atoms with Crippen LogP contribution in [0.2, 0.25) is 5.32 Å². The summed E-state index contributed by atoms with van der Waals surface area (Å²) in [4.78, 5) is 15.5. The van der Waals surface area contributed by atoms with E-state index in [1.54, 1.807) is 0 Å². The molecule has 4 heteroatoms. The molecule has 0 fully saturated rings. The van der Waals surface area contributed by atoms with Gasteiger partial charge in [-0.2, -0.15) is 0 Å². The molecule has 0 N–H and O–H groups in total. The van der Waals surface area contributed by atoms with Crippen molar-refractivity contribution in [2.24, 2.45) is 0 Å². The zero-order chi connectivity index (χ0) is 28.5. The summed E-state index contributed by atoms with van der Waals surface area (Å²) >= 11 is 0.469. The van der Waals surface area contributed by atoms with E-state index in [1.807, 2.05) is 42.5 Å². The third-order valence-electron chi connectivity index (χ3n) is 6.42. The molecule has 0 saturated heterocycles. The summed E-state index contributed by atoms with van der Waals surface area (Å²) in [6.45, 7) is 2.46. The van der Waals surface area contributed by atoms with Crippen molar-refractivity contribution in [3.63, 3.8) is 0 Å². The number of hydrogen-bond donors (Lipinski definition) is 0. The van der Waals surface area contributed by atoms with Crippen molar-refractivity contribution in [3.8, 4) is 0 Å². The molecule has 0 spiro atoms. The fourth-order valence-corrected chi connectivity index (χ4v) is 7.56. The third kappa shape index (κ3) is 10.8. The second-order valence-corrected chi connectivity index (χ2v) is 13.9. The van der Waals surface area contributed by atoms with Crippen LogP contribution in [0.5, 0.6) is 0 Å². The molecule has 2 nitrogen and oxygen atoms in total. The molecule has 4 rings (SSSR count). The Kier molecular flexibility index (Phi) is 13.0. The Hall–Kier alpha value is -3.39. The van der Waals surface area contributed by atoms with Crippen LogP contribution >= 0.6 is 0 Å². The van der Waals surface area contributed by atoms with Crippen LogP contribution in [-0.4, -0.2) is 42.5 Å². The van der Waals surface area contributed by atoms with Crippen LogP contribution in [0.1, 0.15) is 37.3 Å². The molecule has 0 amide bonds. The van der Waals surface area contributed by atoms with E-state index >= 15 is 0 Å². The van der Waals surface area contributed by atoms with Gasteiger partial charge in [-0.15, -0.1) is 0 Å². The van der Waals surface area contributed by atoms with Gasteiger partial charge < -0.3 is 0 Å². The second kappa shape index (κ2) is 17.4. The normalized spacial score (nSPS) is 12.3. The molecule has 0 unspecified atom stereocenters. The SMILES string of the molecule is C/C(=C\CCOC(=O)/C(=C/[Se]c1ccccc1)C/C(=C/CC[Se]c1ccccc1)c1ccccc1)c1ccccc1. The van der Waals surface area contributed by atoms with Gasteiger partial charge in [-0.05, 0) is 0 Å². The maximum atomic E-state index is 13.4. The van der Waals surface area contributed by atoms with Gasteiger partial charge in [-0.1, -0.05) is 0 Å². The Balaban J connectivity index is 1.46. The van der Waals surface area contributed by atoms with Crippen molar-refractivity contribution >= 4 is 56.0 Å². The Morgan fingerprint density at radius 3 is 1.88 bits per heavy atom. The number of ether oxygens (including phenoxy) is 1. The Morgan fingerprint density at radius 1 is 0.683 bits per heavy atom. The van der Waals surface area contributed by atoms with Crippen LogP contribution in [-0.2, 0) is 9.53 Å². The van der Waals surface area contributed by atoms with E-state index < -0.39 is 0 Å². The Bertz CT molecular complexity index is 1430. The quantitative estimate of drug-likeness (QED) is 0.0612. The standard InChI is InChI=1S/C37H36O2Se2/c1-30(31-17-6-2-7-18-31)16-14-26-39-37(38)34(29-41-36-24-12-5-13-25-36)28-33(32-19-8-3-9-20-32)21-15-27-40-35-22-10-4-11-23-35/h2-13,16-25,29H,14-15,26-28H2,1H3/b30-16+,33-21-,34-29+. The Labute approximate surface area is 257 Å². The van der Waals surface area contributed by atoms with Crippen molar-refractivity contribution in [1.29, 1.82) is 0 Å². The van der Waals surface area contributed by atoms with Gasteiger partial charge in [-0.3, -0.25) is 0 Å².